The summed E-state index contributed by atoms with van der Waals surface area (Å²) in [5, 5.41) is 10.3. The molecule has 0 aromatic carbocycles. The lowest BCUT2D eigenvalue weighted by Crippen LogP contribution is -2.55. The van der Waals surface area contributed by atoms with Gasteiger partial charge in [-0.3, -0.25) is 0 Å². The zero-order valence-electron chi connectivity index (χ0n) is 15.8. The summed E-state index contributed by atoms with van der Waals surface area (Å²) in [7, 11) is 2.20. The number of aliphatic hydroxyl groups is 1. The highest BCUT2D eigenvalue weighted by Gasteiger charge is 2.51. The summed E-state index contributed by atoms with van der Waals surface area (Å²) in [6, 6.07) is 0. The van der Waals surface area contributed by atoms with Crippen molar-refractivity contribution in [3.05, 3.63) is 0 Å². The molecule has 0 spiro atoms. The third-order valence-corrected chi connectivity index (χ3v) is 7.13. The molecular formula is C20H36NO4+. The van der Waals surface area contributed by atoms with Crippen molar-refractivity contribution in [2.24, 2.45) is 17.8 Å². The summed E-state index contributed by atoms with van der Waals surface area (Å²) in [4.78, 5) is 0. The van der Waals surface area contributed by atoms with Crippen LogP contribution in [0.2, 0.25) is 0 Å². The lowest BCUT2D eigenvalue weighted by atomic mass is 9.54. The zero-order valence-corrected chi connectivity index (χ0v) is 15.8. The van der Waals surface area contributed by atoms with Crippen molar-refractivity contribution in [3.8, 4) is 0 Å². The molecule has 4 aliphatic carbocycles. The molecule has 1 heterocycles. The van der Waals surface area contributed by atoms with Crippen LogP contribution in [0.25, 0.3) is 0 Å². The fourth-order valence-corrected chi connectivity index (χ4v) is 6.27. The van der Waals surface area contributed by atoms with E-state index >= 15 is 0 Å². The molecule has 1 saturated heterocycles. The van der Waals surface area contributed by atoms with Crippen LogP contribution in [0, 0.1) is 17.8 Å². The van der Waals surface area contributed by atoms with Gasteiger partial charge in [0.15, 0.2) is 0 Å². The standard InChI is InChI=1S/C20H36NO4/c1-21(2-4-23-5-3-21)14-19(22)15-24-6-7-25-20-11-16-8-17(12-20)10-18(9-16)13-20/h16-19,22H,2-15H2,1H3/q+1/t16?,17?,18?,19-,20?/m1/s1. The Morgan fingerprint density at radius 3 is 2.24 bits per heavy atom. The molecule has 5 rings (SSSR count). The maximum absolute atomic E-state index is 10.3. The van der Waals surface area contributed by atoms with Crippen molar-refractivity contribution in [2.45, 2.75) is 50.2 Å². The third-order valence-electron chi connectivity index (χ3n) is 7.13. The summed E-state index contributed by atoms with van der Waals surface area (Å²) in [5.41, 5.74) is 0.170. The molecule has 4 saturated carbocycles. The number of rotatable bonds is 8. The summed E-state index contributed by atoms with van der Waals surface area (Å²) in [6.45, 7) is 5.99. The van der Waals surface area contributed by atoms with Crippen LogP contribution in [0.15, 0.2) is 0 Å². The zero-order chi connectivity index (χ0) is 17.3. The molecule has 5 nitrogen and oxygen atoms in total. The van der Waals surface area contributed by atoms with E-state index in [9.17, 15) is 5.11 Å². The molecule has 0 amide bonds. The molecule has 0 unspecified atom stereocenters. The Hall–Kier alpha value is -0.200. The maximum atomic E-state index is 10.3. The Bertz CT molecular complexity index is 414. The molecule has 0 aromatic heterocycles. The highest BCUT2D eigenvalue weighted by Crippen LogP contribution is 2.57. The monoisotopic (exact) mass is 354 g/mol. The van der Waals surface area contributed by atoms with Gasteiger partial charge in [0.05, 0.1) is 45.7 Å². The summed E-state index contributed by atoms with van der Waals surface area (Å²) >= 11 is 0. The van der Waals surface area contributed by atoms with E-state index in [0.29, 0.717) is 19.8 Å². The number of likely N-dealkylation sites (N-methyl/N-ethyl adjacent to an activating group) is 1. The van der Waals surface area contributed by atoms with Gasteiger partial charge in [0, 0.05) is 0 Å². The van der Waals surface area contributed by atoms with E-state index in [-0.39, 0.29) is 5.60 Å². The first-order valence-electron chi connectivity index (χ1n) is 10.4. The summed E-state index contributed by atoms with van der Waals surface area (Å²) < 4.78 is 18.4. The van der Waals surface area contributed by atoms with Crippen LogP contribution in [0.1, 0.15) is 38.5 Å². The average Bonchev–Trinajstić information content (AvgIpc) is 2.53. The van der Waals surface area contributed by atoms with E-state index in [1.807, 2.05) is 0 Å². The first-order valence-corrected chi connectivity index (χ1v) is 10.4. The smallest absolute Gasteiger partial charge is 0.126 e. The molecule has 1 aliphatic heterocycles. The molecule has 5 aliphatic rings. The number of hydrogen-bond donors (Lipinski definition) is 1. The molecule has 25 heavy (non-hydrogen) atoms. The second kappa shape index (κ2) is 7.43. The van der Waals surface area contributed by atoms with Gasteiger partial charge in [-0.25, -0.2) is 0 Å². The van der Waals surface area contributed by atoms with E-state index in [1.165, 1.54) is 38.5 Å². The van der Waals surface area contributed by atoms with Gasteiger partial charge in [-0.05, 0) is 56.3 Å². The van der Waals surface area contributed by atoms with Crippen LogP contribution in [-0.4, -0.2) is 81.0 Å². The first kappa shape index (κ1) is 18.2. The Morgan fingerprint density at radius 2 is 1.64 bits per heavy atom. The van der Waals surface area contributed by atoms with Crippen molar-refractivity contribution < 1.29 is 23.8 Å². The van der Waals surface area contributed by atoms with E-state index in [4.69, 9.17) is 14.2 Å². The number of hydrogen-bond acceptors (Lipinski definition) is 4. The first-order chi connectivity index (χ1) is 12.0. The van der Waals surface area contributed by atoms with Gasteiger partial charge in [0.2, 0.25) is 0 Å². The van der Waals surface area contributed by atoms with Crippen LogP contribution >= 0.6 is 0 Å². The second-order valence-corrected chi connectivity index (χ2v) is 9.54. The van der Waals surface area contributed by atoms with Crippen molar-refractivity contribution in [1.29, 1.82) is 0 Å². The Morgan fingerprint density at radius 1 is 1.04 bits per heavy atom. The average molecular weight is 355 g/mol. The van der Waals surface area contributed by atoms with Crippen LogP contribution in [0.4, 0.5) is 0 Å². The molecule has 0 radical (unpaired) electrons. The van der Waals surface area contributed by atoms with Crippen LogP contribution in [-0.2, 0) is 14.2 Å². The van der Waals surface area contributed by atoms with Crippen molar-refractivity contribution >= 4 is 0 Å². The Balaban J connectivity index is 1.13. The van der Waals surface area contributed by atoms with E-state index in [2.05, 4.69) is 7.05 Å². The number of aliphatic hydroxyl groups excluding tert-OH is 1. The topological polar surface area (TPSA) is 47.9 Å². The van der Waals surface area contributed by atoms with Crippen molar-refractivity contribution in [2.75, 3.05) is 59.7 Å². The van der Waals surface area contributed by atoms with Gasteiger partial charge in [-0.1, -0.05) is 0 Å². The number of quaternary nitrogens is 1. The molecular weight excluding hydrogens is 318 g/mol. The fourth-order valence-electron chi connectivity index (χ4n) is 6.27. The minimum atomic E-state index is -0.400. The molecule has 1 N–H and O–H groups in total. The van der Waals surface area contributed by atoms with E-state index in [0.717, 1.165) is 55.1 Å². The van der Waals surface area contributed by atoms with Gasteiger partial charge >= 0.3 is 0 Å². The SMILES string of the molecule is C[N+]1(C[C@@H](O)COCCOC23CC4CC(CC(C4)C2)C3)CCOCC1. The van der Waals surface area contributed by atoms with E-state index < -0.39 is 6.10 Å². The highest BCUT2D eigenvalue weighted by atomic mass is 16.5. The van der Waals surface area contributed by atoms with Crippen LogP contribution in [0.5, 0.6) is 0 Å². The lowest BCUT2D eigenvalue weighted by Gasteiger charge is -2.56. The van der Waals surface area contributed by atoms with Crippen LogP contribution < -0.4 is 0 Å². The predicted molar refractivity (Wildman–Crippen MR) is 95.3 cm³/mol. The van der Waals surface area contributed by atoms with Crippen LogP contribution in [0.3, 0.4) is 0 Å². The fraction of sp³-hybridized carbons (Fsp3) is 1.00. The minimum absolute atomic E-state index is 0.170. The number of morpholine rings is 1. The molecule has 144 valence electrons. The largest absolute Gasteiger partial charge is 0.385 e. The number of ether oxygens (including phenoxy) is 3. The Kier molecular flexibility index (Phi) is 5.40. The molecule has 5 fully saturated rings. The lowest BCUT2D eigenvalue weighted by molar-refractivity contribution is -0.919. The van der Waals surface area contributed by atoms with Gasteiger partial charge in [-0.2, -0.15) is 0 Å². The molecule has 4 bridgehead atoms. The predicted octanol–water partition coefficient (Wildman–Crippen LogP) is 1.83. The van der Waals surface area contributed by atoms with Crippen molar-refractivity contribution in [1.82, 2.24) is 0 Å². The maximum Gasteiger partial charge on any atom is 0.126 e. The molecule has 0 aromatic rings. The normalized spacial score (nSPS) is 40.3. The molecule has 5 heteroatoms. The minimum Gasteiger partial charge on any atom is -0.385 e. The summed E-state index contributed by atoms with van der Waals surface area (Å²) in [5.74, 6) is 2.77. The van der Waals surface area contributed by atoms with Crippen molar-refractivity contribution in [3.63, 3.8) is 0 Å². The van der Waals surface area contributed by atoms with E-state index in [1.54, 1.807) is 0 Å². The number of nitrogens with zero attached hydrogens (tertiary/aromatic N) is 1. The van der Waals surface area contributed by atoms with Gasteiger partial charge in [-0.15, -0.1) is 0 Å². The second-order valence-electron chi connectivity index (χ2n) is 9.54. The molecule has 1 atom stereocenters. The quantitative estimate of drug-likeness (QED) is 0.534. The van der Waals surface area contributed by atoms with Gasteiger partial charge in [0.1, 0.15) is 25.7 Å². The van der Waals surface area contributed by atoms with Gasteiger partial charge < -0.3 is 23.8 Å². The van der Waals surface area contributed by atoms with Gasteiger partial charge in [0.25, 0.3) is 0 Å². The summed E-state index contributed by atoms with van der Waals surface area (Å²) in [6.07, 6.45) is 7.79. The Labute approximate surface area is 152 Å². The highest BCUT2D eigenvalue weighted by molar-refractivity contribution is 5.03. The third kappa shape index (κ3) is 4.38.